The molecule has 3 amide bonds. The van der Waals surface area contributed by atoms with Crippen LogP contribution < -0.4 is 5.32 Å². The second-order valence-electron chi connectivity index (χ2n) is 2.91. The molecule has 1 aliphatic rings. The molecule has 13 heavy (non-hydrogen) atoms. The first-order valence-electron chi connectivity index (χ1n) is 3.36. The van der Waals surface area contributed by atoms with Crippen LogP contribution in [0.4, 0.5) is 4.79 Å². The maximum atomic E-state index is 11.4. The van der Waals surface area contributed by atoms with Crippen molar-refractivity contribution >= 4 is 30.2 Å². The van der Waals surface area contributed by atoms with Crippen molar-refractivity contribution in [2.45, 2.75) is 12.2 Å². The number of amides is 3. The van der Waals surface area contributed by atoms with E-state index in [1.54, 1.807) is 0 Å². The molecule has 0 aromatic rings. The van der Waals surface area contributed by atoms with E-state index in [1.807, 2.05) is 0 Å². The fraction of sp³-hybridized carbons (Fsp3) is 0.600. The average Bonchev–Trinajstić information content (AvgIpc) is 2.15. The molecular formula is C5H9N2O4PS. The molecule has 1 aliphatic heterocycles. The fourth-order valence-electron chi connectivity index (χ4n) is 0.962. The molecule has 0 radical (unpaired) electrons. The maximum absolute atomic E-state index is 11.4. The molecule has 6 nitrogen and oxygen atoms in total. The molecule has 1 unspecified atom stereocenters. The van der Waals surface area contributed by atoms with E-state index < -0.39 is 23.7 Å². The second kappa shape index (κ2) is 2.75. The van der Waals surface area contributed by atoms with Crippen molar-refractivity contribution < 1.29 is 19.4 Å². The highest BCUT2D eigenvalue weighted by Gasteiger charge is 2.54. The van der Waals surface area contributed by atoms with E-state index in [0.717, 1.165) is 4.90 Å². The summed E-state index contributed by atoms with van der Waals surface area (Å²) in [6.07, 6.45) is 0. The lowest BCUT2D eigenvalue weighted by molar-refractivity contribution is -0.127. The van der Waals surface area contributed by atoms with Crippen molar-refractivity contribution in [3.05, 3.63) is 0 Å². The Morgan fingerprint density at radius 1 is 1.54 bits per heavy atom. The van der Waals surface area contributed by atoms with Crippen LogP contribution in [-0.2, 0) is 16.6 Å². The largest absolute Gasteiger partial charge is 0.343 e. The van der Waals surface area contributed by atoms with Gasteiger partial charge in [0.05, 0.1) is 0 Å². The van der Waals surface area contributed by atoms with Gasteiger partial charge in [0.1, 0.15) is 0 Å². The Morgan fingerprint density at radius 2 is 2.00 bits per heavy atom. The molecule has 0 bridgehead atoms. The summed E-state index contributed by atoms with van der Waals surface area (Å²) in [6.45, 7) is -2.64. The summed E-state index contributed by atoms with van der Waals surface area (Å²) >= 11 is 4.40. The van der Waals surface area contributed by atoms with Crippen molar-refractivity contribution in [2.75, 3.05) is 7.05 Å². The average molecular weight is 224 g/mol. The highest BCUT2D eigenvalue weighted by Crippen LogP contribution is 2.51. The molecule has 0 saturated carbocycles. The zero-order valence-electron chi connectivity index (χ0n) is 7.01. The lowest BCUT2D eigenvalue weighted by Crippen LogP contribution is -2.43. The van der Waals surface area contributed by atoms with Crippen LogP contribution in [0.3, 0.4) is 0 Å². The van der Waals surface area contributed by atoms with Crippen LogP contribution in [-0.4, -0.2) is 39.0 Å². The SMILES string of the molecule is CN1C(=O)NC(C)(P(O)(O)=S)C1=O. The summed E-state index contributed by atoms with van der Waals surface area (Å²) in [6, 6.07) is -0.676. The quantitative estimate of drug-likeness (QED) is 0.400. The molecule has 0 aliphatic carbocycles. The van der Waals surface area contributed by atoms with E-state index >= 15 is 0 Å². The van der Waals surface area contributed by atoms with Crippen LogP contribution in [0.2, 0.25) is 0 Å². The van der Waals surface area contributed by atoms with Gasteiger partial charge in [-0.05, 0) is 18.7 Å². The Bertz CT molecular complexity index is 326. The third kappa shape index (κ3) is 1.38. The monoisotopic (exact) mass is 224 g/mol. The number of nitrogens with zero attached hydrogens (tertiary/aromatic N) is 1. The van der Waals surface area contributed by atoms with Gasteiger partial charge >= 0.3 is 6.03 Å². The first-order chi connectivity index (χ1) is 5.70. The minimum absolute atomic E-state index is 0.676. The van der Waals surface area contributed by atoms with Crippen LogP contribution in [0.15, 0.2) is 0 Å². The van der Waals surface area contributed by atoms with E-state index in [4.69, 9.17) is 0 Å². The molecule has 74 valence electrons. The van der Waals surface area contributed by atoms with E-state index in [2.05, 4.69) is 17.1 Å². The molecule has 1 atom stereocenters. The summed E-state index contributed by atoms with van der Waals surface area (Å²) in [5.74, 6) is -0.717. The zero-order chi connectivity index (χ0) is 10.4. The van der Waals surface area contributed by atoms with E-state index in [-0.39, 0.29) is 0 Å². The Hall–Kier alpha value is -0.490. The smallest absolute Gasteiger partial charge is 0.325 e. The van der Waals surface area contributed by atoms with Gasteiger partial charge in [-0.1, -0.05) is 0 Å². The molecule has 8 heteroatoms. The molecule has 0 spiro atoms. The molecular weight excluding hydrogens is 215 g/mol. The molecule has 3 N–H and O–H groups in total. The number of nitrogens with one attached hydrogen (secondary N) is 1. The lowest BCUT2D eigenvalue weighted by Gasteiger charge is -2.25. The van der Waals surface area contributed by atoms with E-state index in [9.17, 15) is 19.4 Å². The maximum Gasteiger partial charge on any atom is 0.325 e. The van der Waals surface area contributed by atoms with Crippen molar-refractivity contribution in [2.24, 2.45) is 0 Å². The van der Waals surface area contributed by atoms with Crippen LogP contribution in [0.1, 0.15) is 6.92 Å². The Kier molecular flexibility index (Phi) is 2.24. The van der Waals surface area contributed by atoms with E-state index in [0.29, 0.717) is 0 Å². The topological polar surface area (TPSA) is 89.9 Å². The number of hydrogen-bond donors (Lipinski definition) is 3. The number of imide groups is 1. The van der Waals surface area contributed by atoms with Crippen molar-refractivity contribution in [3.8, 4) is 0 Å². The minimum atomic E-state index is -3.85. The van der Waals surface area contributed by atoms with E-state index in [1.165, 1.54) is 14.0 Å². The highest BCUT2D eigenvalue weighted by molar-refractivity contribution is 8.10. The van der Waals surface area contributed by atoms with Gasteiger partial charge in [-0.15, -0.1) is 0 Å². The summed E-state index contributed by atoms with van der Waals surface area (Å²) in [5, 5.41) is 0.410. The Labute approximate surface area is 79.7 Å². The lowest BCUT2D eigenvalue weighted by atomic mass is 10.3. The second-order valence-corrected chi connectivity index (χ2v) is 6.42. The van der Waals surface area contributed by atoms with Gasteiger partial charge in [-0.25, -0.2) is 4.79 Å². The first-order valence-corrected chi connectivity index (χ1v) is 6.07. The Balaban J connectivity index is 3.16. The number of hydrogen-bond acceptors (Lipinski definition) is 3. The number of carbonyl (C=O) groups is 2. The van der Waals surface area contributed by atoms with Crippen LogP contribution in [0, 0.1) is 0 Å². The summed E-state index contributed by atoms with van der Waals surface area (Å²) in [7, 11) is 1.24. The molecule has 1 rings (SSSR count). The van der Waals surface area contributed by atoms with Gasteiger partial charge in [-0.3, -0.25) is 9.69 Å². The third-order valence-electron chi connectivity index (χ3n) is 1.96. The number of rotatable bonds is 1. The molecule has 0 aromatic heterocycles. The third-order valence-corrected chi connectivity index (χ3v) is 4.52. The summed E-state index contributed by atoms with van der Waals surface area (Å²) < 4.78 is 0. The first kappa shape index (κ1) is 10.6. The van der Waals surface area contributed by atoms with Crippen molar-refractivity contribution in [1.82, 2.24) is 10.2 Å². The zero-order valence-corrected chi connectivity index (χ0v) is 8.72. The summed E-state index contributed by atoms with van der Waals surface area (Å²) in [4.78, 5) is 41.5. The molecule has 1 fully saturated rings. The minimum Gasteiger partial charge on any atom is -0.343 e. The van der Waals surface area contributed by atoms with Gasteiger partial charge < -0.3 is 15.1 Å². The predicted octanol–water partition coefficient (Wildman–Crippen LogP) is -0.822. The van der Waals surface area contributed by atoms with Crippen molar-refractivity contribution in [3.63, 3.8) is 0 Å². The van der Waals surface area contributed by atoms with Gasteiger partial charge in [0, 0.05) is 7.05 Å². The number of urea groups is 1. The predicted molar refractivity (Wildman–Crippen MR) is 48.4 cm³/mol. The van der Waals surface area contributed by atoms with Crippen LogP contribution in [0.25, 0.3) is 0 Å². The summed E-state index contributed by atoms with van der Waals surface area (Å²) in [5.41, 5.74) is 0. The standard InChI is InChI=1S/C5H9N2O4PS/c1-5(12(10,11)13)3(8)7(2)4(9)6-5/h1-2H3,(H,6,9)(H2,10,11,13). The molecule has 1 heterocycles. The van der Waals surface area contributed by atoms with Gasteiger partial charge in [-0.2, -0.15) is 0 Å². The van der Waals surface area contributed by atoms with Gasteiger partial charge in [0.15, 0.2) is 5.28 Å². The van der Waals surface area contributed by atoms with Gasteiger partial charge in [0.25, 0.3) is 5.91 Å². The van der Waals surface area contributed by atoms with Crippen molar-refractivity contribution in [1.29, 1.82) is 0 Å². The van der Waals surface area contributed by atoms with Gasteiger partial charge in [0.2, 0.25) is 6.49 Å². The number of carbonyl (C=O) groups excluding carboxylic acids is 2. The van der Waals surface area contributed by atoms with Crippen LogP contribution >= 0.6 is 6.49 Å². The normalized spacial score (nSPS) is 29.4. The molecule has 1 saturated heterocycles. The fourth-order valence-corrected chi connectivity index (χ4v) is 1.97. The highest BCUT2D eigenvalue weighted by atomic mass is 32.5. The molecule has 0 aromatic carbocycles. The van der Waals surface area contributed by atoms with Crippen LogP contribution in [0.5, 0.6) is 0 Å². The Morgan fingerprint density at radius 3 is 2.15 bits per heavy atom. The number of likely N-dealkylation sites (N-methyl/N-ethyl adjacent to an activating group) is 1.